The molecule has 1 unspecified atom stereocenters. The van der Waals surface area contributed by atoms with Crippen molar-refractivity contribution in [3.8, 4) is 0 Å². The minimum absolute atomic E-state index is 0.728. The first-order chi connectivity index (χ1) is 10.2. The summed E-state index contributed by atoms with van der Waals surface area (Å²) in [5.74, 6) is 2.74. The molecule has 2 rings (SSSR count). The van der Waals surface area contributed by atoms with E-state index in [4.69, 9.17) is 0 Å². The Hall–Kier alpha value is -1.36. The SMILES string of the molecule is CCCNc1ncnc(NCC2CCN(C)C2)c1CCC. The van der Waals surface area contributed by atoms with E-state index < -0.39 is 0 Å². The minimum Gasteiger partial charge on any atom is -0.370 e. The van der Waals surface area contributed by atoms with Crippen LogP contribution in [-0.2, 0) is 6.42 Å². The number of likely N-dealkylation sites (tertiary alicyclic amines) is 1. The van der Waals surface area contributed by atoms with Crippen LogP contribution in [0, 0.1) is 5.92 Å². The molecule has 0 radical (unpaired) electrons. The van der Waals surface area contributed by atoms with Crippen LogP contribution in [0.25, 0.3) is 0 Å². The van der Waals surface area contributed by atoms with Gasteiger partial charge < -0.3 is 15.5 Å². The average molecular weight is 291 g/mol. The lowest BCUT2D eigenvalue weighted by Crippen LogP contribution is -2.20. The van der Waals surface area contributed by atoms with Crippen molar-refractivity contribution in [1.29, 1.82) is 0 Å². The standard InChI is InChI=1S/C16H29N5/c1-4-6-14-15(17-8-5-2)19-12-20-16(14)18-10-13-7-9-21(3)11-13/h12-13H,4-11H2,1-3H3,(H2,17,18,19,20). The number of aromatic nitrogens is 2. The van der Waals surface area contributed by atoms with Gasteiger partial charge in [0.1, 0.15) is 18.0 Å². The highest BCUT2D eigenvalue weighted by Crippen LogP contribution is 2.23. The zero-order valence-electron chi connectivity index (χ0n) is 13.7. The molecule has 1 aromatic rings. The zero-order valence-corrected chi connectivity index (χ0v) is 13.7. The van der Waals surface area contributed by atoms with Gasteiger partial charge in [-0.3, -0.25) is 0 Å². The molecule has 5 nitrogen and oxygen atoms in total. The molecular formula is C16H29N5. The van der Waals surface area contributed by atoms with Crippen LogP contribution in [0.15, 0.2) is 6.33 Å². The number of hydrogen-bond acceptors (Lipinski definition) is 5. The van der Waals surface area contributed by atoms with Crippen molar-refractivity contribution in [2.75, 3.05) is 43.9 Å². The average Bonchev–Trinajstić information content (AvgIpc) is 2.90. The number of nitrogens with zero attached hydrogens (tertiary/aromatic N) is 3. The number of rotatable bonds is 8. The normalized spacial score (nSPS) is 18.9. The number of hydrogen-bond donors (Lipinski definition) is 2. The van der Waals surface area contributed by atoms with Gasteiger partial charge in [-0.15, -0.1) is 0 Å². The molecule has 118 valence electrons. The van der Waals surface area contributed by atoms with Gasteiger partial charge in [-0.25, -0.2) is 9.97 Å². The van der Waals surface area contributed by atoms with Crippen LogP contribution in [0.3, 0.4) is 0 Å². The van der Waals surface area contributed by atoms with E-state index in [-0.39, 0.29) is 0 Å². The highest BCUT2D eigenvalue weighted by Gasteiger charge is 2.20. The first kappa shape index (κ1) is 16.0. The molecule has 1 aliphatic heterocycles. The Morgan fingerprint density at radius 3 is 2.57 bits per heavy atom. The second-order valence-corrected chi connectivity index (χ2v) is 6.02. The van der Waals surface area contributed by atoms with Crippen molar-refractivity contribution in [2.24, 2.45) is 5.92 Å². The third-order valence-electron chi connectivity index (χ3n) is 4.03. The molecule has 0 amide bonds. The molecule has 1 atom stereocenters. The molecule has 0 aliphatic carbocycles. The summed E-state index contributed by atoms with van der Waals surface area (Å²) in [6, 6.07) is 0. The van der Waals surface area contributed by atoms with Gasteiger partial charge in [-0.2, -0.15) is 0 Å². The summed E-state index contributed by atoms with van der Waals surface area (Å²) >= 11 is 0. The summed E-state index contributed by atoms with van der Waals surface area (Å²) in [6.07, 6.45) is 6.17. The topological polar surface area (TPSA) is 53.1 Å². The van der Waals surface area contributed by atoms with E-state index in [1.807, 2.05) is 0 Å². The van der Waals surface area contributed by atoms with E-state index in [2.05, 4.69) is 46.4 Å². The fourth-order valence-electron chi connectivity index (χ4n) is 2.88. The van der Waals surface area contributed by atoms with Gasteiger partial charge >= 0.3 is 0 Å². The summed E-state index contributed by atoms with van der Waals surface area (Å²) < 4.78 is 0. The first-order valence-electron chi connectivity index (χ1n) is 8.24. The molecule has 0 bridgehead atoms. The highest BCUT2D eigenvalue weighted by molar-refractivity contribution is 5.57. The second-order valence-electron chi connectivity index (χ2n) is 6.02. The quantitative estimate of drug-likeness (QED) is 0.771. The first-order valence-corrected chi connectivity index (χ1v) is 8.24. The van der Waals surface area contributed by atoms with Crippen molar-refractivity contribution < 1.29 is 0 Å². The van der Waals surface area contributed by atoms with Crippen LogP contribution in [0.2, 0.25) is 0 Å². The van der Waals surface area contributed by atoms with E-state index in [0.717, 1.165) is 49.9 Å². The van der Waals surface area contributed by atoms with E-state index in [0.29, 0.717) is 0 Å². The van der Waals surface area contributed by atoms with Crippen molar-refractivity contribution in [2.45, 2.75) is 39.5 Å². The van der Waals surface area contributed by atoms with Crippen molar-refractivity contribution in [3.63, 3.8) is 0 Å². The van der Waals surface area contributed by atoms with Crippen LogP contribution in [0.5, 0.6) is 0 Å². The van der Waals surface area contributed by atoms with E-state index >= 15 is 0 Å². The third-order valence-corrected chi connectivity index (χ3v) is 4.03. The Kier molecular flexibility index (Phi) is 6.23. The Labute approximate surface area is 128 Å². The maximum Gasteiger partial charge on any atom is 0.134 e. The minimum atomic E-state index is 0.728. The summed E-state index contributed by atoms with van der Waals surface area (Å²) in [5, 5.41) is 6.98. The summed E-state index contributed by atoms with van der Waals surface area (Å²) in [5.41, 5.74) is 1.24. The van der Waals surface area contributed by atoms with Gasteiger partial charge in [0.15, 0.2) is 0 Å². The fraction of sp³-hybridized carbons (Fsp3) is 0.750. The molecule has 21 heavy (non-hydrogen) atoms. The second kappa shape index (κ2) is 8.17. The van der Waals surface area contributed by atoms with E-state index in [1.165, 1.54) is 25.1 Å². The molecule has 2 N–H and O–H groups in total. The Morgan fingerprint density at radius 1 is 1.19 bits per heavy atom. The maximum absolute atomic E-state index is 4.47. The van der Waals surface area contributed by atoms with Crippen molar-refractivity contribution in [1.82, 2.24) is 14.9 Å². The lowest BCUT2D eigenvalue weighted by Gasteiger charge is -2.17. The number of anilines is 2. The van der Waals surface area contributed by atoms with Crippen LogP contribution >= 0.6 is 0 Å². The van der Waals surface area contributed by atoms with Crippen LogP contribution in [-0.4, -0.2) is 48.1 Å². The van der Waals surface area contributed by atoms with Gasteiger partial charge in [-0.1, -0.05) is 20.3 Å². The number of nitrogens with one attached hydrogen (secondary N) is 2. The molecule has 1 aromatic heterocycles. The summed E-state index contributed by atoms with van der Waals surface area (Å²) in [4.78, 5) is 11.3. The van der Waals surface area contributed by atoms with E-state index in [1.54, 1.807) is 6.33 Å². The molecule has 1 aliphatic rings. The predicted molar refractivity (Wildman–Crippen MR) is 88.9 cm³/mol. The van der Waals surface area contributed by atoms with Gasteiger partial charge in [0.25, 0.3) is 0 Å². The van der Waals surface area contributed by atoms with Crippen molar-refractivity contribution in [3.05, 3.63) is 11.9 Å². The molecule has 1 saturated heterocycles. The highest BCUT2D eigenvalue weighted by atomic mass is 15.1. The van der Waals surface area contributed by atoms with Crippen molar-refractivity contribution >= 4 is 11.6 Å². The lowest BCUT2D eigenvalue weighted by molar-refractivity contribution is 0.399. The molecule has 5 heteroatoms. The Bertz CT molecular complexity index is 435. The smallest absolute Gasteiger partial charge is 0.134 e. The third kappa shape index (κ3) is 4.56. The zero-order chi connectivity index (χ0) is 15.1. The van der Waals surface area contributed by atoms with Crippen LogP contribution in [0.1, 0.15) is 38.7 Å². The molecule has 2 heterocycles. The van der Waals surface area contributed by atoms with Crippen LogP contribution in [0.4, 0.5) is 11.6 Å². The molecule has 0 spiro atoms. The Morgan fingerprint density at radius 2 is 1.95 bits per heavy atom. The van der Waals surface area contributed by atoms with Gasteiger partial charge in [0.2, 0.25) is 0 Å². The predicted octanol–water partition coefficient (Wildman–Crippen LogP) is 2.61. The Balaban J connectivity index is 2.02. The summed E-state index contributed by atoms with van der Waals surface area (Å²) in [6.45, 7) is 8.73. The fourth-order valence-corrected chi connectivity index (χ4v) is 2.88. The lowest BCUT2D eigenvalue weighted by atomic mass is 10.1. The monoisotopic (exact) mass is 291 g/mol. The van der Waals surface area contributed by atoms with Crippen LogP contribution < -0.4 is 10.6 Å². The molecule has 0 saturated carbocycles. The maximum atomic E-state index is 4.47. The van der Waals surface area contributed by atoms with Gasteiger partial charge in [-0.05, 0) is 38.8 Å². The molecule has 0 aromatic carbocycles. The molecular weight excluding hydrogens is 262 g/mol. The largest absolute Gasteiger partial charge is 0.370 e. The summed E-state index contributed by atoms with van der Waals surface area (Å²) in [7, 11) is 2.19. The van der Waals surface area contributed by atoms with Gasteiger partial charge in [0, 0.05) is 25.2 Å². The molecule has 1 fully saturated rings. The van der Waals surface area contributed by atoms with E-state index in [9.17, 15) is 0 Å². The van der Waals surface area contributed by atoms with Gasteiger partial charge in [0.05, 0.1) is 0 Å².